The lowest BCUT2D eigenvalue weighted by atomic mass is 10.1. The molecule has 1 aliphatic rings. The number of aromatic nitrogens is 2. The highest BCUT2D eigenvalue weighted by Crippen LogP contribution is 2.19. The molecular formula is C30H33N5O3S. The number of amides is 1. The Labute approximate surface area is 230 Å². The molecular weight excluding hydrogens is 510 g/mol. The van der Waals surface area contributed by atoms with Gasteiger partial charge < -0.3 is 9.88 Å². The maximum atomic E-state index is 13.0. The largest absolute Gasteiger partial charge is 0.348 e. The van der Waals surface area contributed by atoms with E-state index in [1.54, 1.807) is 29.0 Å². The van der Waals surface area contributed by atoms with E-state index in [0.717, 1.165) is 28.8 Å². The first-order chi connectivity index (χ1) is 18.9. The van der Waals surface area contributed by atoms with Crippen molar-refractivity contribution in [1.82, 2.24) is 24.1 Å². The third-order valence-corrected chi connectivity index (χ3v) is 8.87. The number of aryl methyl sites for hydroxylation is 1. The number of benzene rings is 3. The summed E-state index contributed by atoms with van der Waals surface area (Å²) in [7, 11) is -3.49. The monoisotopic (exact) mass is 543 g/mol. The number of carbonyl (C=O) groups is 1. The lowest BCUT2D eigenvalue weighted by Crippen LogP contribution is -2.48. The highest BCUT2D eigenvalue weighted by Gasteiger charge is 2.28. The molecule has 39 heavy (non-hydrogen) atoms. The smallest absolute Gasteiger partial charge is 0.251 e. The van der Waals surface area contributed by atoms with Gasteiger partial charge in [0.15, 0.2) is 0 Å². The van der Waals surface area contributed by atoms with Gasteiger partial charge in [0.1, 0.15) is 0 Å². The third kappa shape index (κ3) is 6.81. The van der Waals surface area contributed by atoms with Crippen LogP contribution in [-0.4, -0.2) is 59.3 Å². The molecule has 1 aromatic heterocycles. The number of hydrogen-bond acceptors (Lipinski definition) is 5. The summed E-state index contributed by atoms with van der Waals surface area (Å²) >= 11 is 0. The first kappa shape index (κ1) is 26.8. The van der Waals surface area contributed by atoms with Crippen LogP contribution in [0.3, 0.4) is 0 Å². The van der Waals surface area contributed by atoms with E-state index in [2.05, 4.69) is 27.3 Å². The summed E-state index contributed by atoms with van der Waals surface area (Å²) in [5.41, 5.74) is 4.86. The highest BCUT2D eigenvalue weighted by atomic mass is 32.2. The molecule has 5 rings (SSSR count). The van der Waals surface area contributed by atoms with Gasteiger partial charge in [-0.2, -0.15) is 4.31 Å². The second-order valence-electron chi connectivity index (χ2n) is 9.93. The summed E-state index contributed by atoms with van der Waals surface area (Å²) in [6.07, 6.45) is 5.47. The molecule has 0 saturated carbocycles. The number of carbonyl (C=O) groups excluding carboxylic acids is 1. The second-order valence-corrected chi connectivity index (χ2v) is 11.9. The summed E-state index contributed by atoms with van der Waals surface area (Å²) in [5, 5.41) is 3.03. The molecule has 4 aromatic rings. The van der Waals surface area contributed by atoms with Crippen LogP contribution in [0.4, 0.5) is 0 Å². The molecule has 0 atom stereocenters. The van der Waals surface area contributed by atoms with Crippen LogP contribution in [0.5, 0.6) is 0 Å². The fraction of sp³-hybridized carbons (Fsp3) is 0.267. The number of imidazole rings is 1. The van der Waals surface area contributed by atoms with Crippen molar-refractivity contribution in [2.24, 2.45) is 0 Å². The van der Waals surface area contributed by atoms with Crippen molar-refractivity contribution < 1.29 is 13.2 Å². The van der Waals surface area contributed by atoms with Crippen LogP contribution in [0.15, 0.2) is 96.4 Å². The van der Waals surface area contributed by atoms with Crippen molar-refractivity contribution in [2.45, 2.75) is 31.5 Å². The van der Waals surface area contributed by atoms with Gasteiger partial charge in [0.25, 0.3) is 5.91 Å². The summed E-state index contributed by atoms with van der Waals surface area (Å²) in [4.78, 5) is 19.5. The Hall–Kier alpha value is -3.79. The van der Waals surface area contributed by atoms with E-state index in [1.807, 2.05) is 66.2 Å². The van der Waals surface area contributed by atoms with Crippen LogP contribution in [0, 0.1) is 6.92 Å². The summed E-state index contributed by atoms with van der Waals surface area (Å²) < 4.78 is 29.6. The number of sulfonamides is 1. The van der Waals surface area contributed by atoms with Crippen molar-refractivity contribution in [3.05, 3.63) is 119 Å². The third-order valence-electron chi connectivity index (χ3n) is 6.95. The molecule has 0 bridgehead atoms. The highest BCUT2D eigenvalue weighted by molar-refractivity contribution is 7.89. The van der Waals surface area contributed by atoms with Crippen LogP contribution in [0.1, 0.15) is 32.6 Å². The topological polar surface area (TPSA) is 87.5 Å². The summed E-state index contributed by atoms with van der Waals surface area (Å²) in [6, 6.07) is 22.8. The zero-order valence-electron chi connectivity index (χ0n) is 22.0. The first-order valence-electron chi connectivity index (χ1n) is 13.1. The van der Waals surface area contributed by atoms with Crippen LogP contribution >= 0.6 is 0 Å². The van der Waals surface area contributed by atoms with Crippen LogP contribution in [0.25, 0.3) is 0 Å². The zero-order valence-corrected chi connectivity index (χ0v) is 22.8. The van der Waals surface area contributed by atoms with E-state index in [0.29, 0.717) is 49.7 Å². The van der Waals surface area contributed by atoms with Gasteiger partial charge in [0, 0.05) is 63.8 Å². The summed E-state index contributed by atoms with van der Waals surface area (Å²) in [5.74, 6) is -0.120. The van der Waals surface area contributed by atoms with E-state index >= 15 is 0 Å². The maximum absolute atomic E-state index is 13.0. The molecule has 9 heteroatoms. The molecule has 1 aliphatic heterocycles. The Morgan fingerprint density at radius 3 is 2.28 bits per heavy atom. The molecule has 1 fully saturated rings. The standard InChI is InChI=1S/C30H33N5O3S/c1-24-8-10-29(11-9-24)39(37,38)35-16-14-33(15-17-35)21-27-6-3-7-28(19-27)30(36)32-20-25-4-2-5-26(18-25)22-34-13-12-31-23-34/h2-13,18-19,23H,14-17,20-22H2,1H3,(H,32,36). The van der Waals surface area contributed by atoms with E-state index in [1.165, 1.54) is 0 Å². The molecule has 2 heterocycles. The van der Waals surface area contributed by atoms with Crippen molar-refractivity contribution in [3.63, 3.8) is 0 Å². The van der Waals surface area contributed by atoms with E-state index in [4.69, 9.17) is 0 Å². The average molecular weight is 544 g/mol. The van der Waals surface area contributed by atoms with Crippen LogP contribution in [0.2, 0.25) is 0 Å². The molecule has 0 spiro atoms. The lowest BCUT2D eigenvalue weighted by molar-refractivity contribution is 0.0950. The average Bonchev–Trinajstić information content (AvgIpc) is 3.46. The first-order valence-corrected chi connectivity index (χ1v) is 14.5. The Morgan fingerprint density at radius 2 is 1.56 bits per heavy atom. The lowest BCUT2D eigenvalue weighted by Gasteiger charge is -2.34. The predicted molar refractivity (Wildman–Crippen MR) is 151 cm³/mol. The van der Waals surface area contributed by atoms with Gasteiger partial charge in [-0.15, -0.1) is 0 Å². The molecule has 8 nitrogen and oxygen atoms in total. The molecule has 1 saturated heterocycles. The Morgan fingerprint density at radius 1 is 0.872 bits per heavy atom. The van der Waals surface area contributed by atoms with Gasteiger partial charge in [-0.25, -0.2) is 13.4 Å². The minimum Gasteiger partial charge on any atom is -0.348 e. The van der Waals surface area contributed by atoms with Crippen molar-refractivity contribution in [2.75, 3.05) is 26.2 Å². The number of rotatable bonds is 9. The predicted octanol–water partition coefficient (Wildman–Crippen LogP) is 3.68. The molecule has 0 aliphatic carbocycles. The van der Waals surface area contributed by atoms with E-state index in [9.17, 15) is 13.2 Å². The Bertz CT molecular complexity index is 1510. The van der Waals surface area contributed by atoms with Crippen molar-refractivity contribution in [1.29, 1.82) is 0 Å². The zero-order chi connectivity index (χ0) is 27.2. The van der Waals surface area contributed by atoms with Gasteiger partial charge in [0.2, 0.25) is 10.0 Å². The summed E-state index contributed by atoms with van der Waals surface area (Å²) in [6.45, 7) is 5.93. The van der Waals surface area contributed by atoms with Gasteiger partial charge in [-0.1, -0.05) is 54.1 Å². The minimum absolute atomic E-state index is 0.120. The van der Waals surface area contributed by atoms with Crippen molar-refractivity contribution >= 4 is 15.9 Å². The molecule has 1 N–H and O–H groups in total. The quantitative estimate of drug-likeness (QED) is 0.348. The van der Waals surface area contributed by atoms with Gasteiger partial charge in [-0.3, -0.25) is 9.69 Å². The van der Waals surface area contributed by atoms with Crippen LogP contribution in [-0.2, 0) is 29.7 Å². The maximum Gasteiger partial charge on any atom is 0.251 e. The fourth-order valence-corrected chi connectivity index (χ4v) is 6.19. The second kappa shape index (κ2) is 11.9. The van der Waals surface area contributed by atoms with Crippen molar-refractivity contribution in [3.8, 4) is 0 Å². The fourth-order valence-electron chi connectivity index (χ4n) is 4.77. The normalized spacial score (nSPS) is 14.8. The molecule has 3 aromatic carbocycles. The minimum atomic E-state index is -3.49. The molecule has 0 unspecified atom stereocenters. The molecule has 202 valence electrons. The number of nitrogens with one attached hydrogen (secondary N) is 1. The number of hydrogen-bond donors (Lipinski definition) is 1. The van der Waals surface area contributed by atoms with Gasteiger partial charge in [-0.05, 0) is 47.9 Å². The van der Waals surface area contributed by atoms with Gasteiger partial charge in [0.05, 0.1) is 11.2 Å². The van der Waals surface area contributed by atoms with Gasteiger partial charge >= 0.3 is 0 Å². The SMILES string of the molecule is Cc1ccc(S(=O)(=O)N2CCN(Cc3cccc(C(=O)NCc4cccc(Cn5ccnc5)c4)c3)CC2)cc1. The Balaban J connectivity index is 1.14. The Kier molecular flexibility index (Phi) is 8.21. The molecule has 1 amide bonds. The molecule has 0 radical (unpaired) electrons. The van der Waals surface area contributed by atoms with E-state index < -0.39 is 10.0 Å². The number of piperazine rings is 1. The number of nitrogens with zero attached hydrogens (tertiary/aromatic N) is 4. The van der Waals surface area contributed by atoms with E-state index in [-0.39, 0.29) is 5.91 Å². The van der Waals surface area contributed by atoms with Crippen LogP contribution < -0.4 is 5.32 Å².